The van der Waals surface area contributed by atoms with E-state index in [-0.39, 0.29) is 29.2 Å². The summed E-state index contributed by atoms with van der Waals surface area (Å²) in [6, 6.07) is 21.8. The van der Waals surface area contributed by atoms with Crippen LogP contribution in [0.3, 0.4) is 0 Å². The van der Waals surface area contributed by atoms with Crippen molar-refractivity contribution in [2.75, 3.05) is 38.2 Å². The van der Waals surface area contributed by atoms with Crippen molar-refractivity contribution in [3.63, 3.8) is 0 Å². The van der Waals surface area contributed by atoms with Gasteiger partial charge in [0.25, 0.3) is 5.91 Å². The van der Waals surface area contributed by atoms with Crippen molar-refractivity contribution < 1.29 is 27.5 Å². The van der Waals surface area contributed by atoms with E-state index in [1.165, 1.54) is 34.3 Å². The molecule has 3 aromatic carbocycles. The Balaban J connectivity index is 1.39. The Morgan fingerprint density at radius 2 is 1.70 bits per heavy atom. The van der Waals surface area contributed by atoms with Gasteiger partial charge < -0.3 is 14.8 Å². The highest BCUT2D eigenvalue weighted by Gasteiger charge is 2.26. The number of hydrogen-bond acceptors (Lipinski definition) is 8. The predicted molar refractivity (Wildman–Crippen MR) is 137 cm³/mol. The molecule has 1 aliphatic rings. The van der Waals surface area contributed by atoms with Gasteiger partial charge in [-0.15, -0.1) is 0 Å². The normalized spacial score (nSPS) is 13.9. The summed E-state index contributed by atoms with van der Waals surface area (Å²) in [5.74, 6) is -1.31. The van der Waals surface area contributed by atoms with Crippen molar-refractivity contribution in [3.8, 4) is 6.07 Å². The molecule has 37 heavy (non-hydrogen) atoms. The third-order valence-electron chi connectivity index (χ3n) is 5.39. The van der Waals surface area contributed by atoms with E-state index in [0.29, 0.717) is 28.6 Å². The molecular weight excluding hydrogens is 514 g/mol. The van der Waals surface area contributed by atoms with Crippen LogP contribution in [0.5, 0.6) is 0 Å². The Labute approximate surface area is 219 Å². The molecule has 0 unspecified atom stereocenters. The third-order valence-corrected chi connectivity index (χ3v) is 8.44. The first kappa shape index (κ1) is 26.4. The molecule has 0 saturated carbocycles. The summed E-state index contributed by atoms with van der Waals surface area (Å²) < 4.78 is 37.5. The smallest absolute Gasteiger partial charge is 0.339 e. The van der Waals surface area contributed by atoms with Crippen molar-refractivity contribution in [2.24, 2.45) is 0 Å². The van der Waals surface area contributed by atoms with Gasteiger partial charge in [-0.05, 0) is 42.5 Å². The first-order valence-corrected chi connectivity index (χ1v) is 13.5. The zero-order chi connectivity index (χ0) is 26.3. The molecule has 1 saturated heterocycles. The van der Waals surface area contributed by atoms with E-state index in [1.807, 2.05) is 0 Å². The van der Waals surface area contributed by atoms with E-state index in [9.17, 15) is 23.3 Å². The summed E-state index contributed by atoms with van der Waals surface area (Å²) in [6.45, 7) is 0.613. The molecule has 190 valence electrons. The number of nitrogens with one attached hydrogen (secondary N) is 1. The van der Waals surface area contributed by atoms with Gasteiger partial charge in [-0.1, -0.05) is 42.1 Å². The summed E-state index contributed by atoms with van der Waals surface area (Å²) in [7, 11) is -3.72. The maximum absolute atomic E-state index is 12.9. The van der Waals surface area contributed by atoms with Crippen LogP contribution in [0, 0.1) is 11.3 Å². The van der Waals surface area contributed by atoms with Crippen LogP contribution in [0.15, 0.2) is 87.5 Å². The minimum atomic E-state index is -3.72. The Bertz CT molecular complexity index is 1450. The van der Waals surface area contributed by atoms with Crippen molar-refractivity contribution in [3.05, 3.63) is 83.9 Å². The minimum absolute atomic E-state index is 0.0489. The molecule has 0 radical (unpaired) electrons. The number of amides is 1. The van der Waals surface area contributed by atoms with Crippen molar-refractivity contribution in [1.82, 2.24) is 4.31 Å². The fourth-order valence-corrected chi connectivity index (χ4v) is 6.04. The lowest BCUT2D eigenvalue weighted by Gasteiger charge is -2.26. The molecule has 4 rings (SSSR count). The standard InChI is InChI=1S/C26H23N3O6S2/c27-17-19-6-1-3-10-23(19)36-24-11-4-2-9-22(24)26(31)35-18-25(30)28-20-7-5-8-21(16-20)37(32,33)29-12-14-34-15-13-29/h1-11,16H,12-15,18H2,(H,28,30). The highest BCUT2D eigenvalue weighted by atomic mass is 32.2. The third kappa shape index (κ3) is 6.55. The highest BCUT2D eigenvalue weighted by molar-refractivity contribution is 7.99. The number of benzene rings is 3. The number of anilines is 1. The molecule has 0 aromatic heterocycles. The molecule has 1 amide bonds. The van der Waals surface area contributed by atoms with Crippen molar-refractivity contribution in [1.29, 1.82) is 5.26 Å². The average molecular weight is 538 g/mol. The van der Waals surface area contributed by atoms with Gasteiger partial charge in [0.1, 0.15) is 6.07 Å². The number of nitrogens with zero attached hydrogens (tertiary/aromatic N) is 2. The van der Waals surface area contributed by atoms with Gasteiger partial charge in [0.15, 0.2) is 6.61 Å². The molecule has 1 heterocycles. The highest BCUT2D eigenvalue weighted by Crippen LogP contribution is 2.33. The zero-order valence-electron chi connectivity index (χ0n) is 19.6. The van der Waals surface area contributed by atoms with Gasteiger partial charge in [0.2, 0.25) is 10.0 Å². The number of morpholine rings is 1. The molecule has 0 spiro atoms. The predicted octanol–water partition coefficient (Wildman–Crippen LogP) is 3.53. The Hall–Kier alpha value is -3.69. The van der Waals surface area contributed by atoms with Crippen LogP contribution in [0.25, 0.3) is 0 Å². The number of rotatable bonds is 8. The molecule has 9 nitrogen and oxygen atoms in total. The second-order valence-electron chi connectivity index (χ2n) is 7.87. The number of carbonyl (C=O) groups is 2. The van der Waals surface area contributed by atoms with Gasteiger partial charge in [-0.25, -0.2) is 13.2 Å². The SMILES string of the molecule is N#Cc1ccccc1Sc1ccccc1C(=O)OCC(=O)Nc1cccc(S(=O)(=O)N2CCOCC2)c1. The number of hydrogen-bond donors (Lipinski definition) is 1. The maximum Gasteiger partial charge on any atom is 0.339 e. The first-order valence-electron chi connectivity index (χ1n) is 11.3. The first-order chi connectivity index (χ1) is 17.9. The van der Waals surface area contributed by atoms with Crippen LogP contribution in [-0.2, 0) is 24.3 Å². The van der Waals surface area contributed by atoms with Gasteiger partial charge in [0.05, 0.1) is 29.2 Å². The number of ether oxygens (including phenoxy) is 2. The van der Waals surface area contributed by atoms with E-state index in [0.717, 1.165) is 0 Å². The second-order valence-corrected chi connectivity index (χ2v) is 10.9. The van der Waals surface area contributed by atoms with E-state index in [2.05, 4.69) is 11.4 Å². The molecule has 3 aromatic rings. The number of carbonyl (C=O) groups excluding carboxylic acids is 2. The van der Waals surface area contributed by atoms with Gasteiger partial charge in [-0.3, -0.25) is 4.79 Å². The van der Waals surface area contributed by atoms with E-state index < -0.39 is 28.5 Å². The van der Waals surface area contributed by atoms with Crippen LogP contribution in [0.1, 0.15) is 15.9 Å². The van der Waals surface area contributed by atoms with Crippen molar-refractivity contribution >= 4 is 39.3 Å². The van der Waals surface area contributed by atoms with Gasteiger partial charge in [-0.2, -0.15) is 9.57 Å². The quantitative estimate of drug-likeness (QED) is 0.433. The lowest BCUT2D eigenvalue weighted by atomic mass is 10.2. The largest absolute Gasteiger partial charge is 0.452 e. The number of sulfonamides is 1. The van der Waals surface area contributed by atoms with Crippen LogP contribution in [0.4, 0.5) is 5.69 Å². The fourth-order valence-electron chi connectivity index (χ4n) is 3.57. The average Bonchev–Trinajstić information content (AvgIpc) is 2.93. The minimum Gasteiger partial charge on any atom is -0.452 e. The molecule has 0 atom stereocenters. The lowest BCUT2D eigenvalue weighted by Crippen LogP contribution is -2.40. The monoisotopic (exact) mass is 537 g/mol. The van der Waals surface area contributed by atoms with E-state index in [1.54, 1.807) is 54.6 Å². The van der Waals surface area contributed by atoms with E-state index in [4.69, 9.17) is 9.47 Å². The summed E-state index contributed by atoms with van der Waals surface area (Å²) in [5.41, 5.74) is 0.999. The fraction of sp³-hybridized carbons (Fsp3) is 0.192. The molecule has 0 bridgehead atoms. The van der Waals surface area contributed by atoms with Gasteiger partial charge >= 0.3 is 5.97 Å². The molecule has 0 aliphatic carbocycles. The molecule has 11 heteroatoms. The molecule has 1 N–H and O–H groups in total. The number of nitriles is 1. The van der Waals surface area contributed by atoms with Crippen LogP contribution < -0.4 is 5.32 Å². The summed E-state index contributed by atoms with van der Waals surface area (Å²) in [6.07, 6.45) is 0. The van der Waals surface area contributed by atoms with Crippen LogP contribution in [-0.4, -0.2) is 57.5 Å². The molecule has 1 aliphatic heterocycles. The van der Waals surface area contributed by atoms with E-state index >= 15 is 0 Å². The van der Waals surface area contributed by atoms with Crippen LogP contribution >= 0.6 is 11.8 Å². The van der Waals surface area contributed by atoms with Crippen molar-refractivity contribution in [2.45, 2.75) is 14.7 Å². The number of esters is 1. The summed E-state index contributed by atoms with van der Waals surface area (Å²) >= 11 is 1.25. The topological polar surface area (TPSA) is 126 Å². The lowest BCUT2D eigenvalue weighted by molar-refractivity contribution is -0.119. The van der Waals surface area contributed by atoms with Crippen LogP contribution in [0.2, 0.25) is 0 Å². The maximum atomic E-state index is 12.9. The Kier molecular flexibility index (Phi) is 8.58. The summed E-state index contributed by atoms with van der Waals surface area (Å²) in [4.78, 5) is 26.5. The molecule has 1 fully saturated rings. The molecular formula is C26H23N3O6S2. The Morgan fingerprint density at radius 3 is 2.46 bits per heavy atom. The Morgan fingerprint density at radius 1 is 1.00 bits per heavy atom. The van der Waals surface area contributed by atoms with Gasteiger partial charge in [0, 0.05) is 28.6 Å². The summed E-state index contributed by atoms with van der Waals surface area (Å²) in [5, 5.41) is 11.9. The second kappa shape index (κ2) is 12.0. The zero-order valence-corrected chi connectivity index (χ0v) is 21.3.